The molecule has 0 radical (unpaired) electrons. The first-order chi connectivity index (χ1) is 15.7. The van der Waals surface area contributed by atoms with Crippen LogP contribution in [0.3, 0.4) is 0 Å². The van der Waals surface area contributed by atoms with Crippen LogP contribution in [0.25, 0.3) is 10.8 Å². The van der Waals surface area contributed by atoms with E-state index in [1.54, 1.807) is 31.2 Å². The smallest absolute Gasteiger partial charge is 0.347 e. The maximum absolute atomic E-state index is 13.7. The zero-order chi connectivity index (χ0) is 23.9. The van der Waals surface area contributed by atoms with Gasteiger partial charge in [0.05, 0.1) is 29.9 Å². The number of esters is 3. The number of ketones is 2. The van der Waals surface area contributed by atoms with E-state index < -0.39 is 41.5 Å². The van der Waals surface area contributed by atoms with Crippen LogP contribution in [0.5, 0.6) is 11.5 Å². The fourth-order valence-electron chi connectivity index (χ4n) is 4.13. The molecule has 33 heavy (non-hydrogen) atoms. The number of fused-ring (bicyclic) bond motifs is 3. The second-order valence-corrected chi connectivity index (χ2v) is 7.57. The quantitative estimate of drug-likeness (QED) is 0.509. The monoisotopic (exact) mass is 452 g/mol. The first kappa shape index (κ1) is 22.2. The Morgan fingerprint density at radius 1 is 0.970 bits per heavy atom. The molecule has 1 aliphatic carbocycles. The molecule has 0 bridgehead atoms. The van der Waals surface area contributed by atoms with Crippen molar-refractivity contribution < 1.29 is 42.9 Å². The molecule has 0 fully saturated rings. The molecule has 0 amide bonds. The summed E-state index contributed by atoms with van der Waals surface area (Å²) in [6, 6.07) is 6.50. The summed E-state index contributed by atoms with van der Waals surface area (Å²) in [5.74, 6) is -4.43. The summed E-state index contributed by atoms with van der Waals surface area (Å²) in [5, 5.41) is 0.648. The van der Waals surface area contributed by atoms with Crippen LogP contribution in [-0.2, 0) is 23.9 Å². The number of carbonyl (C=O) groups is 5. The highest BCUT2D eigenvalue weighted by Gasteiger charge is 2.47. The lowest BCUT2D eigenvalue weighted by molar-refractivity contribution is -0.154. The molecular weight excluding hydrogens is 432 g/mol. The topological polar surface area (TPSA) is 122 Å². The number of hydrogen-bond acceptors (Lipinski definition) is 9. The van der Waals surface area contributed by atoms with Crippen molar-refractivity contribution in [3.05, 3.63) is 47.2 Å². The first-order valence-corrected chi connectivity index (χ1v) is 10.3. The van der Waals surface area contributed by atoms with Crippen LogP contribution >= 0.6 is 0 Å². The molecular formula is C24H20O9. The van der Waals surface area contributed by atoms with Crippen molar-refractivity contribution in [1.82, 2.24) is 0 Å². The van der Waals surface area contributed by atoms with Crippen LogP contribution in [-0.4, -0.2) is 42.2 Å². The van der Waals surface area contributed by atoms with Crippen LogP contribution < -0.4 is 9.47 Å². The SMILES string of the molecule is CCOC(=O)C1CC2C(=O)c3c(c(OC(C)=O)c4ccccc4c3OC(C)=O)C(=O)C2=CO1. The molecule has 9 heteroatoms. The molecule has 2 atom stereocenters. The van der Waals surface area contributed by atoms with Crippen molar-refractivity contribution in [1.29, 1.82) is 0 Å². The molecule has 0 aromatic heterocycles. The molecule has 2 aliphatic rings. The largest absolute Gasteiger partial charge is 0.486 e. The van der Waals surface area contributed by atoms with Crippen molar-refractivity contribution >= 4 is 40.2 Å². The van der Waals surface area contributed by atoms with Crippen LogP contribution in [0.2, 0.25) is 0 Å². The summed E-state index contributed by atoms with van der Waals surface area (Å²) in [4.78, 5) is 63.1. The van der Waals surface area contributed by atoms with Crippen molar-refractivity contribution in [2.75, 3.05) is 6.61 Å². The Labute approximate surface area is 188 Å². The molecule has 2 unspecified atom stereocenters. The number of benzene rings is 2. The van der Waals surface area contributed by atoms with Gasteiger partial charge in [-0.15, -0.1) is 0 Å². The standard InChI is InChI=1S/C24H20O9/c1-4-30-24(29)17-9-15-16(10-31-17)21(28)19-18(20(15)27)22(32-11(2)25)13-7-5-6-8-14(13)23(19)33-12(3)26/h5-8,10,15,17H,4,9H2,1-3H3. The minimum Gasteiger partial charge on any atom is -0.486 e. The van der Waals surface area contributed by atoms with E-state index in [-0.39, 0.29) is 41.2 Å². The van der Waals surface area contributed by atoms with Gasteiger partial charge in [-0.05, 0) is 6.92 Å². The summed E-state index contributed by atoms with van der Waals surface area (Å²) in [7, 11) is 0. The number of rotatable bonds is 4. The highest BCUT2D eigenvalue weighted by molar-refractivity contribution is 6.29. The number of hydrogen-bond donors (Lipinski definition) is 0. The van der Waals surface area contributed by atoms with Gasteiger partial charge in [-0.1, -0.05) is 24.3 Å². The van der Waals surface area contributed by atoms with Crippen molar-refractivity contribution in [2.24, 2.45) is 5.92 Å². The van der Waals surface area contributed by atoms with E-state index in [2.05, 4.69) is 0 Å². The molecule has 0 spiro atoms. The fraction of sp³-hybridized carbons (Fsp3) is 0.292. The Bertz CT molecular complexity index is 1250. The molecule has 0 saturated heterocycles. The number of allylic oxidation sites excluding steroid dienone is 1. The fourth-order valence-corrected chi connectivity index (χ4v) is 4.13. The number of carbonyl (C=O) groups excluding carboxylic acids is 5. The first-order valence-electron chi connectivity index (χ1n) is 10.3. The van der Waals surface area contributed by atoms with Gasteiger partial charge in [0, 0.05) is 36.6 Å². The van der Waals surface area contributed by atoms with Gasteiger partial charge < -0.3 is 18.9 Å². The Balaban J connectivity index is 1.98. The molecule has 0 N–H and O–H groups in total. The van der Waals surface area contributed by atoms with Crippen molar-refractivity contribution in [3.63, 3.8) is 0 Å². The van der Waals surface area contributed by atoms with E-state index in [9.17, 15) is 24.0 Å². The van der Waals surface area contributed by atoms with Gasteiger partial charge in [0.15, 0.2) is 29.2 Å². The minimum atomic E-state index is -1.07. The Hall–Kier alpha value is -4.01. The average Bonchev–Trinajstić information content (AvgIpc) is 2.78. The van der Waals surface area contributed by atoms with Gasteiger partial charge >= 0.3 is 17.9 Å². The third-order valence-corrected chi connectivity index (χ3v) is 5.40. The van der Waals surface area contributed by atoms with E-state index in [1.165, 1.54) is 13.8 Å². The van der Waals surface area contributed by atoms with E-state index in [0.29, 0.717) is 10.8 Å². The summed E-state index contributed by atoms with van der Waals surface area (Å²) in [5.41, 5.74) is -0.340. The van der Waals surface area contributed by atoms with Gasteiger partial charge in [0.25, 0.3) is 0 Å². The predicted molar refractivity (Wildman–Crippen MR) is 113 cm³/mol. The Morgan fingerprint density at radius 3 is 2.09 bits per heavy atom. The summed E-state index contributed by atoms with van der Waals surface area (Å²) < 4.78 is 21.2. The molecule has 2 aromatic carbocycles. The van der Waals surface area contributed by atoms with E-state index in [0.717, 1.165) is 6.26 Å². The lowest BCUT2D eigenvalue weighted by atomic mass is 9.73. The van der Waals surface area contributed by atoms with Crippen LogP contribution in [0.1, 0.15) is 47.9 Å². The number of ether oxygens (including phenoxy) is 4. The molecule has 2 aromatic rings. The van der Waals surface area contributed by atoms with Crippen molar-refractivity contribution in [2.45, 2.75) is 33.3 Å². The highest BCUT2D eigenvalue weighted by Crippen LogP contribution is 2.48. The zero-order valence-corrected chi connectivity index (χ0v) is 18.1. The molecule has 1 aliphatic heterocycles. The van der Waals surface area contributed by atoms with E-state index in [1.807, 2.05) is 0 Å². The minimum absolute atomic E-state index is 0.0190. The normalized spacial score (nSPS) is 19.1. The van der Waals surface area contributed by atoms with E-state index >= 15 is 0 Å². The third-order valence-electron chi connectivity index (χ3n) is 5.40. The van der Waals surface area contributed by atoms with Crippen LogP contribution in [0.15, 0.2) is 36.1 Å². The van der Waals surface area contributed by atoms with Crippen molar-refractivity contribution in [3.8, 4) is 11.5 Å². The summed E-state index contributed by atoms with van der Waals surface area (Å²) >= 11 is 0. The molecule has 0 saturated carbocycles. The molecule has 4 rings (SSSR count). The van der Waals surface area contributed by atoms with Gasteiger partial charge in [-0.2, -0.15) is 0 Å². The Kier molecular flexibility index (Phi) is 5.71. The van der Waals surface area contributed by atoms with E-state index in [4.69, 9.17) is 18.9 Å². The third kappa shape index (κ3) is 3.75. The van der Waals surface area contributed by atoms with Gasteiger partial charge in [-0.25, -0.2) is 4.79 Å². The molecule has 1 heterocycles. The molecule has 170 valence electrons. The van der Waals surface area contributed by atoms with Gasteiger partial charge in [-0.3, -0.25) is 19.2 Å². The summed E-state index contributed by atoms with van der Waals surface area (Å²) in [6.45, 7) is 4.11. The second kappa shape index (κ2) is 8.50. The van der Waals surface area contributed by atoms with Gasteiger partial charge in [0.2, 0.25) is 0 Å². The molecule has 9 nitrogen and oxygen atoms in total. The summed E-state index contributed by atoms with van der Waals surface area (Å²) in [6.07, 6.45) is -0.108. The second-order valence-electron chi connectivity index (χ2n) is 7.57. The Morgan fingerprint density at radius 2 is 1.55 bits per heavy atom. The lowest BCUT2D eigenvalue weighted by Gasteiger charge is -2.33. The van der Waals surface area contributed by atoms with Crippen LogP contribution in [0.4, 0.5) is 0 Å². The van der Waals surface area contributed by atoms with Gasteiger partial charge in [0.1, 0.15) is 0 Å². The average molecular weight is 452 g/mol. The maximum atomic E-state index is 13.7. The lowest BCUT2D eigenvalue weighted by Crippen LogP contribution is -2.39. The highest BCUT2D eigenvalue weighted by atomic mass is 16.6. The van der Waals surface area contributed by atoms with Crippen LogP contribution in [0, 0.1) is 5.92 Å². The predicted octanol–water partition coefficient (Wildman–Crippen LogP) is 2.92. The zero-order valence-electron chi connectivity index (χ0n) is 18.1. The number of Topliss-reactive ketones (excluding diaryl/α,β-unsaturated/α-hetero) is 2. The maximum Gasteiger partial charge on any atom is 0.347 e.